The van der Waals surface area contributed by atoms with Crippen molar-refractivity contribution in [1.82, 2.24) is 4.90 Å². The number of carbonyl (C=O) groups is 2. The van der Waals surface area contributed by atoms with E-state index in [2.05, 4.69) is 0 Å². The molecule has 1 aromatic heterocycles. The first kappa shape index (κ1) is 23.2. The molecule has 1 atom stereocenters. The molecule has 2 heterocycles. The van der Waals surface area contributed by atoms with Gasteiger partial charge in [-0.2, -0.15) is 0 Å². The summed E-state index contributed by atoms with van der Waals surface area (Å²) in [7, 11) is 1.55. The average molecular weight is 462 g/mol. The maximum Gasteiger partial charge on any atom is 0.296 e. The molecule has 0 aliphatic carbocycles. The number of carbonyl (C=O) groups excluding carboxylic acids is 2. The van der Waals surface area contributed by atoms with Gasteiger partial charge in [-0.1, -0.05) is 18.2 Å². The number of furan rings is 1. The summed E-state index contributed by atoms with van der Waals surface area (Å²) in [5.74, 6) is 0.582. The third kappa shape index (κ3) is 4.17. The summed E-state index contributed by atoms with van der Waals surface area (Å²) < 4.78 is 16.8. The van der Waals surface area contributed by atoms with E-state index in [1.54, 1.807) is 50.4 Å². The largest absolute Gasteiger partial charge is 0.507 e. The second-order valence-corrected chi connectivity index (χ2v) is 8.10. The van der Waals surface area contributed by atoms with E-state index < -0.39 is 17.7 Å². The number of methoxy groups -OCH3 is 1. The number of nitrogens with zero attached hydrogens (tertiary/aromatic N) is 1. The normalized spacial score (nSPS) is 17.3. The molecule has 176 valence electrons. The molecule has 1 fully saturated rings. The van der Waals surface area contributed by atoms with Crippen LogP contribution in [0, 0.1) is 13.8 Å². The van der Waals surface area contributed by atoms with Gasteiger partial charge in [0.15, 0.2) is 0 Å². The van der Waals surface area contributed by atoms with Crippen LogP contribution in [0.15, 0.2) is 64.6 Å². The number of Topliss-reactive ketones (excluding diaryl/α,β-unsaturated/α-hetero) is 1. The predicted octanol–water partition coefficient (Wildman–Crippen LogP) is 4.93. The molecule has 3 aromatic rings. The SMILES string of the molecule is CCOc1ccc(/C(O)=C2\C(=O)C(=O)N(Cc3ccccc3OC)C2c2ccc(C)o2)cc1C. The highest BCUT2D eigenvalue weighted by atomic mass is 16.5. The third-order valence-electron chi connectivity index (χ3n) is 5.85. The van der Waals surface area contributed by atoms with E-state index in [1.165, 1.54) is 4.90 Å². The third-order valence-corrected chi connectivity index (χ3v) is 5.85. The van der Waals surface area contributed by atoms with Crippen molar-refractivity contribution in [3.63, 3.8) is 0 Å². The van der Waals surface area contributed by atoms with Crippen molar-refractivity contribution in [1.29, 1.82) is 0 Å². The van der Waals surface area contributed by atoms with Gasteiger partial charge in [0.05, 0.1) is 25.8 Å². The summed E-state index contributed by atoms with van der Waals surface area (Å²) in [6.07, 6.45) is 0. The Morgan fingerprint density at radius 1 is 1.06 bits per heavy atom. The fraction of sp³-hybridized carbons (Fsp3) is 0.259. The van der Waals surface area contributed by atoms with Crippen LogP contribution in [0.3, 0.4) is 0 Å². The molecule has 1 aliphatic rings. The van der Waals surface area contributed by atoms with Crippen molar-refractivity contribution in [3.05, 3.63) is 88.4 Å². The van der Waals surface area contributed by atoms with Gasteiger partial charge in [0.1, 0.15) is 34.8 Å². The molecule has 0 spiro atoms. The Balaban J connectivity index is 1.83. The molecule has 1 saturated heterocycles. The van der Waals surface area contributed by atoms with E-state index in [-0.39, 0.29) is 17.9 Å². The smallest absolute Gasteiger partial charge is 0.296 e. The number of ether oxygens (including phenoxy) is 2. The average Bonchev–Trinajstić information content (AvgIpc) is 3.36. The molecule has 4 rings (SSSR count). The molecule has 34 heavy (non-hydrogen) atoms. The van der Waals surface area contributed by atoms with Crippen molar-refractivity contribution < 1.29 is 28.6 Å². The number of aryl methyl sites for hydroxylation is 2. The van der Waals surface area contributed by atoms with Crippen LogP contribution < -0.4 is 9.47 Å². The van der Waals surface area contributed by atoms with E-state index >= 15 is 0 Å². The van der Waals surface area contributed by atoms with Gasteiger partial charge in [0.25, 0.3) is 11.7 Å². The lowest BCUT2D eigenvalue weighted by Crippen LogP contribution is -2.29. The van der Waals surface area contributed by atoms with Crippen molar-refractivity contribution in [2.24, 2.45) is 0 Å². The number of likely N-dealkylation sites (tertiary alicyclic amines) is 1. The standard InChI is InChI=1S/C27H27NO6/c1-5-33-20-13-11-18(14-16(20)2)25(29)23-24(22-12-10-17(3)34-22)28(27(31)26(23)30)15-19-8-6-7-9-21(19)32-4/h6-14,24,29H,5,15H2,1-4H3/b25-23+. The fourth-order valence-corrected chi connectivity index (χ4v) is 4.23. The summed E-state index contributed by atoms with van der Waals surface area (Å²) in [6, 6.07) is 15.0. The molecule has 7 heteroatoms. The Kier molecular flexibility index (Phi) is 6.45. The van der Waals surface area contributed by atoms with Gasteiger partial charge >= 0.3 is 0 Å². The molecule has 0 saturated carbocycles. The van der Waals surface area contributed by atoms with E-state index in [0.29, 0.717) is 35.2 Å². The van der Waals surface area contributed by atoms with Gasteiger partial charge in [-0.15, -0.1) is 0 Å². The number of ketones is 1. The van der Waals surface area contributed by atoms with Gasteiger partial charge in [-0.3, -0.25) is 9.59 Å². The van der Waals surface area contributed by atoms with Crippen LogP contribution in [-0.2, 0) is 16.1 Å². The molecule has 1 aliphatic heterocycles. The first-order valence-electron chi connectivity index (χ1n) is 11.1. The minimum Gasteiger partial charge on any atom is -0.507 e. The highest BCUT2D eigenvalue weighted by Crippen LogP contribution is 2.41. The number of aliphatic hydroxyl groups excluding tert-OH is 1. The Morgan fingerprint density at radius 2 is 1.82 bits per heavy atom. The second-order valence-electron chi connectivity index (χ2n) is 8.10. The number of aliphatic hydroxyl groups is 1. The molecule has 7 nitrogen and oxygen atoms in total. The summed E-state index contributed by atoms with van der Waals surface area (Å²) in [5, 5.41) is 11.2. The molecular formula is C27H27NO6. The number of hydrogen-bond acceptors (Lipinski definition) is 6. The Bertz CT molecular complexity index is 1270. The maximum absolute atomic E-state index is 13.2. The van der Waals surface area contributed by atoms with Crippen LogP contribution in [0.4, 0.5) is 0 Å². The number of rotatable bonds is 7. The molecule has 1 amide bonds. The van der Waals surface area contributed by atoms with Gasteiger partial charge in [-0.25, -0.2) is 0 Å². The van der Waals surface area contributed by atoms with Gasteiger partial charge in [-0.05, 0) is 62.7 Å². The van der Waals surface area contributed by atoms with Crippen molar-refractivity contribution >= 4 is 17.4 Å². The summed E-state index contributed by atoms with van der Waals surface area (Å²) in [4.78, 5) is 27.8. The van der Waals surface area contributed by atoms with E-state index in [9.17, 15) is 14.7 Å². The fourth-order valence-electron chi connectivity index (χ4n) is 4.23. The molecule has 2 aromatic carbocycles. The Hall–Kier alpha value is -4.00. The minimum absolute atomic E-state index is 0.0159. The molecule has 0 radical (unpaired) electrons. The first-order chi connectivity index (χ1) is 16.3. The lowest BCUT2D eigenvalue weighted by atomic mass is 9.98. The number of hydrogen-bond donors (Lipinski definition) is 1. The van der Waals surface area contributed by atoms with E-state index in [1.807, 2.05) is 32.0 Å². The topological polar surface area (TPSA) is 89.2 Å². The summed E-state index contributed by atoms with van der Waals surface area (Å²) >= 11 is 0. The lowest BCUT2D eigenvalue weighted by molar-refractivity contribution is -0.140. The first-order valence-corrected chi connectivity index (χ1v) is 11.1. The van der Waals surface area contributed by atoms with E-state index in [4.69, 9.17) is 13.9 Å². The molecule has 1 N–H and O–H groups in total. The highest BCUT2D eigenvalue weighted by Gasteiger charge is 2.47. The van der Waals surface area contributed by atoms with Crippen LogP contribution in [0.5, 0.6) is 11.5 Å². The predicted molar refractivity (Wildman–Crippen MR) is 127 cm³/mol. The van der Waals surface area contributed by atoms with Crippen molar-refractivity contribution in [2.75, 3.05) is 13.7 Å². The van der Waals surface area contributed by atoms with Crippen molar-refractivity contribution in [2.45, 2.75) is 33.4 Å². The van der Waals surface area contributed by atoms with Crippen LogP contribution in [0.1, 0.15) is 41.2 Å². The molecule has 0 bridgehead atoms. The minimum atomic E-state index is -0.884. The van der Waals surface area contributed by atoms with Gasteiger partial charge < -0.3 is 23.9 Å². The summed E-state index contributed by atoms with van der Waals surface area (Å²) in [6.45, 7) is 6.15. The molecule has 1 unspecified atom stereocenters. The zero-order valence-electron chi connectivity index (χ0n) is 19.6. The van der Waals surface area contributed by atoms with Crippen molar-refractivity contribution in [3.8, 4) is 11.5 Å². The quantitative estimate of drug-likeness (QED) is 0.305. The zero-order chi connectivity index (χ0) is 24.4. The van der Waals surface area contributed by atoms with E-state index in [0.717, 1.165) is 11.1 Å². The second kappa shape index (κ2) is 9.47. The van der Waals surface area contributed by atoms with Crippen LogP contribution in [0.25, 0.3) is 5.76 Å². The van der Waals surface area contributed by atoms with Crippen LogP contribution in [0.2, 0.25) is 0 Å². The lowest BCUT2D eigenvalue weighted by Gasteiger charge is -2.24. The van der Waals surface area contributed by atoms with Crippen LogP contribution in [-0.4, -0.2) is 35.4 Å². The molecular weight excluding hydrogens is 434 g/mol. The number of benzene rings is 2. The monoisotopic (exact) mass is 461 g/mol. The van der Waals surface area contributed by atoms with Crippen LogP contribution >= 0.6 is 0 Å². The Morgan fingerprint density at radius 3 is 2.47 bits per heavy atom. The highest BCUT2D eigenvalue weighted by molar-refractivity contribution is 6.46. The number of para-hydroxylation sites is 1. The Labute approximate surface area is 198 Å². The zero-order valence-corrected chi connectivity index (χ0v) is 19.6. The number of amides is 1. The van der Waals surface area contributed by atoms with Gasteiger partial charge in [0, 0.05) is 11.1 Å². The maximum atomic E-state index is 13.2. The summed E-state index contributed by atoms with van der Waals surface area (Å²) in [5.41, 5.74) is 1.94. The van der Waals surface area contributed by atoms with Gasteiger partial charge in [0.2, 0.25) is 0 Å².